The molecule has 0 spiro atoms. The van der Waals surface area contributed by atoms with Crippen LogP contribution < -0.4 is 0 Å². The Bertz CT molecular complexity index is 535. The van der Waals surface area contributed by atoms with Crippen molar-refractivity contribution in [2.24, 2.45) is 7.05 Å². The summed E-state index contributed by atoms with van der Waals surface area (Å²) < 4.78 is 2.33. The number of aryl methyl sites for hydroxylation is 4. The Morgan fingerprint density at radius 3 is 1.69 bits per heavy atom. The quantitative estimate of drug-likeness (QED) is 0.625. The van der Waals surface area contributed by atoms with Gasteiger partial charge in [0, 0.05) is 18.1 Å². The SMILES string of the molecule is Cc1c(C)c(C)c2c(c1C)c(C)c(C)n2C. The van der Waals surface area contributed by atoms with Crippen LogP contribution in [0.2, 0.25) is 0 Å². The largest absolute Gasteiger partial charge is 0.347 e. The summed E-state index contributed by atoms with van der Waals surface area (Å²) in [6.07, 6.45) is 0. The fourth-order valence-corrected chi connectivity index (χ4v) is 2.77. The molecule has 0 fully saturated rings. The third-order valence-corrected chi connectivity index (χ3v) is 4.41. The van der Waals surface area contributed by atoms with Gasteiger partial charge < -0.3 is 4.57 Å². The number of nitrogens with zero attached hydrogens (tertiary/aromatic N) is 1. The van der Waals surface area contributed by atoms with Gasteiger partial charge in [-0.05, 0) is 69.4 Å². The Morgan fingerprint density at radius 2 is 1.12 bits per heavy atom. The number of fused-ring (bicyclic) bond motifs is 1. The molecular formula is C15H21N. The summed E-state index contributed by atoms with van der Waals surface area (Å²) >= 11 is 0. The van der Waals surface area contributed by atoms with Crippen LogP contribution in [0.3, 0.4) is 0 Å². The predicted octanol–water partition coefficient (Wildman–Crippen LogP) is 4.03. The van der Waals surface area contributed by atoms with Crippen molar-refractivity contribution in [1.29, 1.82) is 0 Å². The van der Waals surface area contributed by atoms with Gasteiger partial charge in [0.25, 0.3) is 0 Å². The minimum Gasteiger partial charge on any atom is -0.347 e. The maximum atomic E-state index is 2.33. The molecule has 0 atom stereocenters. The van der Waals surface area contributed by atoms with Crippen molar-refractivity contribution in [2.45, 2.75) is 41.5 Å². The molecule has 1 heterocycles. The summed E-state index contributed by atoms with van der Waals surface area (Å²) in [5.41, 5.74) is 9.98. The molecule has 0 saturated carbocycles. The van der Waals surface area contributed by atoms with Gasteiger partial charge in [-0.2, -0.15) is 0 Å². The van der Waals surface area contributed by atoms with E-state index in [9.17, 15) is 0 Å². The summed E-state index contributed by atoms with van der Waals surface area (Å²) in [5, 5.41) is 1.46. The number of rotatable bonds is 0. The van der Waals surface area contributed by atoms with Crippen molar-refractivity contribution < 1.29 is 0 Å². The van der Waals surface area contributed by atoms with Gasteiger partial charge in [0.15, 0.2) is 0 Å². The first-order valence-electron chi connectivity index (χ1n) is 5.89. The van der Waals surface area contributed by atoms with Crippen LogP contribution in [-0.4, -0.2) is 4.57 Å². The second kappa shape index (κ2) is 3.38. The van der Waals surface area contributed by atoms with E-state index in [0.29, 0.717) is 0 Å². The van der Waals surface area contributed by atoms with Crippen molar-refractivity contribution in [3.05, 3.63) is 33.5 Å². The zero-order valence-electron chi connectivity index (χ0n) is 11.4. The third-order valence-electron chi connectivity index (χ3n) is 4.41. The molecule has 0 amide bonds. The van der Waals surface area contributed by atoms with E-state index in [2.05, 4.69) is 53.2 Å². The van der Waals surface area contributed by atoms with E-state index < -0.39 is 0 Å². The second-order valence-corrected chi connectivity index (χ2v) is 4.99. The maximum absolute atomic E-state index is 2.33. The van der Waals surface area contributed by atoms with Gasteiger partial charge in [0.2, 0.25) is 0 Å². The molecule has 1 aromatic heterocycles. The lowest BCUT2D eigenvalue weighted by Crippen LogP contribution is -1.97. The van der Waals surface area contributed by atoms with Crippen molar-refractivity contribution in [1.82, 2.24) is 4.57 Å². The Labute approximate surface area is 98.1 Å². The van der Waals surface area contributed by atoms with E-state index in [0.717, 1.165) is 0 Å². The van der Waals surface area contributed by atoms with E-state index in [1.807, 2.05) is 0 Å². The molecule has 2 rings (SSSR count). The highest BCUT2D eigenvalue weighted by Crippen LogP contribution is 2.33. The lowest BCUT2D eigenvalue weighted by Gasteiger charge is -2.12. The normalized spacial score (nSPS) is 11.4. The first-order chi connectivity index (χ1) is 7.37. The molecule has 0 bridgehead atoms. The molecular weight excluding hydrogens is 194 g/mol. The Hall–Kier alpha value is -1.24. The minimum absolute atomic E-state index is 1.38. The van der Waals surface area contributed by atoms with Gasteiger partial charge in [0.05, 0.1) is 5.52 Å². The molecule has 0 saturated heterocycles. The van der Waals surface area contributed by atoms with Gasteiger partial charge >= 0.3 is 0 Å². The second-order valence-electron chi connectivity index (χ2n) is 4.99. The number of hydrogen-bond donors (Lipinski definition) is 0. The first kappa shape index (κ1) is 11.3. The van der Waals surface area contributed by atoms with Crippen LogP contribution in [-0.2, 0) is 7.05 Å². The fraction of sp³-hybridized carbons (Fsp3) is 0.467. The highest BCUT2D eigenvalue weighted by Gasteiger charge is 2.16. The van der Waals surface area contributed by atoms with Crippen molar-refractivity contribution in [2.75, 3.05) is 0 Å². The highest BCUT2D eigenvalue weighted by atomic mass is 14.9. The summed E-state index contributed by atoms with van der Waals surface area (Å²) in [7, 11) is 2.17. The van der Waals surface area contributed by atoms with E-state index in [4.69, 9.17) is 0 Å². The van der Waals surface area contributed by atoms with Gasteiger partial charge in [0.1, 0.15) is 0 Å². The van der Waals surface area contributed by atoms with E-state index in [1.54, 1.807) is 0 Å². The van der Waals surface area contributed by atoms with Crippen LogP contribution in [0.1, 0.15) is 33.5 Å². The molecule has 0 aliphatic rings. The lowest BCUT2D eigenvalue weighted by atomic mass is 9.94. The van der Waals surface area contributed by atoms with Crippen molar-refractivity contribution in [3.63, 3.8) is 0 Å². The Balaban J connectivity index is 3.15. The Kier molecular flexibility index (Phi) is 2.37. The standard InChI is InChI=1S/C15H21N/c1-8-9(2)11(4)15-14(10(8)3)12(5)13(6)16(15)7/h1-7H3. The van der Waals surface area contributed by atoms with E-state index in [-0.39, 0.29) is 0 Å². The summed E-state index contributed by atoms with van der Waals surface area (Å²) in [6.45, 7) is 13.4. The lowest BCUT2D eigenvalue weighted by molar-refractivity contribution is 0.905. The summed E-state index contributed by atoms with van der Waals surface area (Å²) in [5.74, 6) is 0. The molecule has 0 aliphatic heterocycles. The predicted molar refractivity (Wildman–Crippen MR) is 71.3 cm³/mol. The molecule has 86 valence electrons. The molecule has 1 heteroatoms. The highest BCUT2D eigenvalue weighted by molar-refractivity contribution is 5.92. The summed E-state index contributed by atoms with van der Waals surface area (Å²) in [4.78, 5) is 0. The van der Waals surface area contributed by atoms with Gasteiger partial charge in [-0.1, -0.05) is 0 Å². The fourth-order valence-electron chi connectivity index (χ4n) is 2.77. The van der Waals surface area contributed by atoms with Gasteiger partial charge in [-0.25, -0.2) is 0 Å². The van der Waals surface area contributed by atoms with Crippen LogP contribution in [0.5, 0.6) is 0 Å². The zero-order chi connectivity index (χ0) is 12.2. The van der Waals surface area contributed by atoms with Crippen LogP contribution in [0.25, 0.3) is 10.9 Å². The summed E-state index contributed by atoms with van der Waals surface area (Å²) in [6, 6.07) is 0. The van der Waals surface area contributed by atoms with Gasteiger partial charge in [-0.15, -0.1) is 0 Å². The topological polar surface area (TPSA) is 4.93 Å². The van der Waals surface area contributed by atoms with Crippen LogP contribution in [0.4, 0.5) is 0 Å². The zero-order valence-corrected chi connectivity index (χ0v) is 11.4. The Morgan fingerprint density at radius 1 is 0.625 bits per heavy atom. The van der Waals surface area contributed by atoms with Crippen molar-refractivity contribution >= 4 is 10.9 Å². The average molecular weight is 215 g/mol. The molecule has 0 radical (unpaired) electrons. The molecule has 1 nitrogen and oxygen atoms in total. The van der Waals surface area contributed by atoms with Crippen LogP contribution >= 0.6 is 0 Å². The number of aromatic nitrogens is 1. The molecule has 0 N–H and O–H groups in total. The van der Waals surface area contributed by atoms with Crippen molar-refractivity contribution in [3.8, 4) is 0 Å². The van der Waals surface area contributed by atoms with Gasteiger partial charge in [-0.3, -0.25) is 0 Å². The first-order valence-corrected chi connectivity index (χ1v) is 5.89. The number of benzene rings is 1. The molecule has 0 aliphatic carbocycles. The van der Waals surface area contributed by atoms with E-state index in [1.165, 1.54) is 44.4 Å². The number of hydrogen-bond acceptors (Lipinski definition) is 0. The smallest absolute Gasteiger partial charge is 0.0517 e. The average Bonchev–Trinajstić information content (AvgIpc) is 2.48. The minimum atomic E-state index is 1.38. The van der Waals surface area contributed by atoms with Crippen LogP contribution in [0, 0.1) is 41.5 Å². The maximum Gasteiger partial charge on any atom is 0.0517 e. The third kappa shape index (κ3) is 1.17. The molecule has 1 aromatic carbocycles. The van der Waals surface area contributed by atoms with Crippen LogP contribution in [0.15, 0.2) is 0 Å². The molecule has 16 heavy (non-hydrogen) atoms. The molecule has 2 aromatic rings. The molecule has 0 unspecified atom stereocenters. The monoisotopic (exact) mass is 215 g/mol. The van der Waals surface area contributed by atoms with E-state index >= 15 is 0 Å².